The molecule has 0 spiro atoms. The zero-order chi connectivity index (χ0) is 14.7. The molecular weight excluding hydrogens is 271 g/mol. The van der Waals surface area contributed by atoms with Gasteiger partial charge in [0, 0.05) is 12.3 Å². The lowest BCUT2D eigenvalue weighted by Crippen LogP contribution is -2.05. The summed E-state index contributed by atoms with van der Waals surface area (Å²) in [6, 6.07) is 4.93. The number of alkyl halides is 1. The zero-order valence-electron chi connectivity index (χ0n) is 10.4. The van der Waals surface area contributed by atoms with E-state index in [1.165, 1.54) is 25.4 Å². The molecule has 1 atom stereocenters. The maximum absolute atomic E-state index is 14.2. The third-order valence-electron chi connectivity index (χ3n) is 2.64. The van der Waals surface area contributed by atoms with Crippen molar-refractivity contribution >= 4 is 5.97 Å². The average Bonchev–Trinajstić information content (AvgIpc) is 2.44. The second kappa shape index (κ2) is 5.73. The van der Waals surface area contributed by atoms with Crippen LogP contribution >= 0.6 is 0 Å². The Morgan fingerprint density at radius 3 is 2.45 bits per heavy atom. The lowest BCUT2D eigenvalue weighted by atomic mass is 10.1. The van der Waals surface area contributed by atoms with Gasteiger partial charge in [-0.05, 0) is 29.8 Å². The number of pyridine rings is 1. The minimum Gasteiger partial charge on any atom is -0.465 e. The van der Waals surface area contributed by atoms with Crippen molar-refractivity contribution in [3.63, 3.8) is 0 Å². The summed E-state index contributed by atoms with van der Waals surface area (Å²) in [5.41, 5.74) is -0.230. The van der Waals surface area contributed by atoms with Crippen LogP contribution in [-0.2, 0) is 4.74 Å². The first-order chi connectivity index (χ1) is 9.51. The third kappa shape index (κ3) is 2.96. The molecule has 1 aromatic carbocycles. The fourth-order valence-electron chi connectivity index (χ4n) is 1.72. The van der Waals surface area contributed by atoms with Crippen molar-refractivity contribution in [3.8, 4) is 0 Å². The van der Waals surface area contributed by atoms with Gasteiger partial charge in [-0.25, -0.2) is 18.0 Å². The average molecular weight is 281 g/mol. The number of methoxy groups -OCH3 is 1. The number of halogens is 3. The summed E-state index contributed by atoms with van der Waals surface area (Å²) >= 11 is 0. The van der Waals surface area contributed by atoms with Gasteiger partial charge in [-0.3, -0.25) is 4.98 Å². The minimum absolute atomic E-state index is 0.108. The van der Waals surface area contributed by atoms with Crippen LogP contribution in [0.15, 0.2) is 36.5 Å². The fraction of sp³-hybridized carbons (Fsp3) is 0.143. The van der Waals surface area contributed by atoms with Gasteiger partial charge >= 0.3 is 5.97 Å². The lowest BCUT2D eigenvalue weighted by molar-refractivity contribution is 0.0600. The first-order valence-corrected chi connectivity index (χ1v) is 5.65. The number of rotatable bonds is 3. The van der Waals surface area contributed by atoms with Crippen molar-refractivity contribution in [3.05, 3.63) is 65.0 Å². The van der Waals surface area contributed by atoms with E-state index >= 15 is 0 Å². The number of esters is 1. The first-order valence-electron chi connectivity index (χ1n) is 5.65. The van der Waals surface area contributed by atoms with Gasteiger partial charge in [-0.15, -0.1) is 0 Å². The first kappa shape index (κ1) is 14.0. The van der Waals surface area contributed by atoms with E-state index in [4.69, 9.17) is 0 Å². The SMILES string of the molecule is COC(=O)c1ccnc(C(F)c2cc(F)cc(F)c2)c1. The number of nitrogens with zero attached hydrogens (tertiary/aromatic N) is 1. The summed E-state index contributed by atoms with van der Waals surface area (Å²) < 4.78 is 44.9. The predicted octanol–water partition coefficient (Wildman–Crippen LogP) is 3.21. The van der Waals surface area contributed by atoms with Gasteiger partial charge in [0.1, 0.15) is 11.6 Å². The van der Waals surface area contributed by atoms with Gasteiger partial charge in [-0.1, -0.05) is 0 Å². The van der Waals surface area contributed by atoms with Crippen LogP contribution in [0.3, 0.4) is 0 Å². The molecule has 0 bridgehead atoms. The predicted molar refractivity (Wildman–Crippen MR) is 64.9 cm³/mol. The summed E-state index contributed by atoms with van der Waals surface area (Å²) in [7, 11) is 1.19. The number of carbonyl (C=O) groups excluding carboxylic acids is 1. The molecule has 1 aromatic heterocycles. The number of carbonyl (C=O) groups is 1. The Labute approximate surface area is 113 Å². The Morgan fingerprint density at radius 2 is 1.85 bits per heavy atom. The molecule has 0 amide bonds. The van der Waals surface area contributed by atoms with Gasteiger partial charge in [0.25, 0.3) is 0 Å². The van der Waals surface area contributed by atoms with Gasteiger partial charge in [-0.2, -0.15) is 0 Å². The maximum atomic E-state index is 14.2. The van der Waals surface area contributed by atoms with E-state index in [2.05, 4.69) is 9.72 Å². The molecule has 0 N–H and O–H groups in total. The highest BCUT2D eigenvalue weighted by molar-refractivity contribution is 5.89. The fourth-order valence-corrected chi connectivity index (χ4v) is 1.72. The molecular formula is C14H10F3NO2. The summed E-state index contributed by atoms with van der Waals surface area (Å²) in [5.74, 6) is -2.41. The highest BCUT2D eigenvalue weighted by atomic mass is 19.1. The Hall–Kier alpha value is -2.37. The van der Waals surface area contributed by atoms with Crippen LogP contribution in [0.2, 0.25) is 0 Å². The van der Waals surface area contributed by atoms with Gasteiger partial charge in [0.15, 0.2) is 6.17 Å². The van der Waals surface area contributed by atoms with Crippen molar-refractivity contribution in [2.75, 3.05) is 7.11 Å². The quantitative estimate of drug-likeness (QED) is 0.811. The molecule has 2 rings (SSSR count). The number of benzene rings is 1. The molecule has 0 saturated heterocycles. The van der Waals surface area contributed by atoms with Crippen LogP contribution in [0.25, 0.3) is 0 Å². The Balaban J connectivity index is 2.37. The topological polar surface area (TPSA) is 39.2 Å². The molecule has 2 aromatic rings. The molecule has 1 unspecified atom stereocenters. The molecule has 1 heterocycles. The molecule has 0 aliphatic rings. The van der Waals surface area contributed by atoms with Crippen LogP contribution in [0, 0.1) is 11.6 Å². The van der Waals surface area contributed by atoms with E-state index in [1.54, 1.807) is 0 Å². The smallest absolute Gasteiger partial charge is 0.337 e. The van der Waals surface area contributed by atoms with Crippen molar-refractivity contribution in [1.29, 1.82) is 0 Å². The molecule has 104 valence electrons. The number of ether oxygens (including phenoxy) is 1. The second-order valence-corrected chi connectivity index (χ2v) is 4.03. The highest BCUT2D eigenvalue weighted by Crippen LogP contribution is 2.26. The second-order valence-electron chi connectivity index (χ2n) is 4.03. The minimum atomic E-state index is -1.84. The van der Waals surface area contributed by atoms with E-state index in [1.807, 2.05) is 0 Å². The molecule has 20 heavy (non-hydrogen) atoms. The van der Waals surface area contributed by atoms with Gasteiger partial charge in [0.05, 0.1) is 18.4 Å². The van der Waals surface area contributed by atoms with E-state index in [-0.39, 0.29) is 16.8 Å². The number of hydrogen-bond acceptors (Lipinski definition) is 3. The van der Waals surface area contributed by atoms with E-state index in [0.29, 0.717) is 6.07 Å². The lowest BCUT2D eigenvalue weighted by Gasteiger charge is -2.09. The molecule has 0 radical (unpaired) electrons. The van der Waals surface area contributed by atoms with Crippen molar-refractivity contribution in [1.82, 2.24) is 4.98 Å². The Bertz CT molecular complexity index is 626. The standard InChI is InChI=1S/C14H10F3NO2/c1-20-14(19)8-2-3-18-12(6-8)13(17)9-4-10(15)7-11(16)5-9/h2-7,13H,1H3. The highest BCUT2D eigenvalue weighted by Gasteiger charge is 2.18. The zero-order valence-corrected chi connectivity index (χ0v) is 10.4. The molecule has 3 nitrogen and oxygen atoms in total. The number of aromatic nitrogens is 1. The molecule has 0 aliphatic heterocycles. The number of hydrogen-bond donors (Lipinski definition) is 0. The van der Waals surface area contributed by atoms with E-state index in [0.717, 1.165) is 12.1 Å². The van der Waals surface area contributed by atoms with Crippen LogP contribution in [-0.4, -0.2) is 18.1 Å². The van der Waals surface area contributed by atoms with Crippen LogP contribution in [0.4, 0.5) is 13.2 Å². The largest absolute Gasteiger partial charge is 0.465 e. The van der Waals surface area contributed by atoms with Crippen molar-refractivity contribution in [2.24, 2.45) is 0 Å². The van der Waals surface area contributed by atoms with Crippen LogP contribution in [0.1, 0.15) is 27.8 Å². The third-order valence-corrected chi connectivity index (χ3v) is 2.64. The molecule has 6 heteroatoms. The summed E-state index contributed by atoms with van der Waals surface area (Å²) in [5, 5.41) is 0. The summed E-state index contributed by atoms with van der Waals surface area (Å²) in [4.78, 5) is 15.1. The monoisotopic (exact) mass is 281 g/mol. The Kier molecular flexibility index (Phi) is 4.02. The van der Waals surface area contributed by atoms with Crippen LogP contribution < -0.4 is 0 Å². The Morgan fingerprint density at radius 1 is 1.20 bits per heavy atom. The van der Waals surface area contributed by atoms with Crippen LogP contribution in [0.5, 0.6) is 0 Å². The summed E-state index contributed by atoms with van der Waals surface area (Å²) in [6.07, 6.45) is -0.617. The maximum Gasteiger partial charge on any atom is 0.337 e. The van der Waals surface area contributed by atoms with Gasteiger partial charge < -0.3 is 4.74 Å². The van der Waals surface area contributed by atoms with Crippen molar-refractivity contribution in [2.45, 2.75) is 6.17 Å². The van der Waals surface area contributed by atoms with Crippen molar-refractivity contribution < 1.29 is 22.7 Å². The van der Waals surface area contributed by atoms with E-state index < -0.39 is 23.8 Å². The normalized spacial score (nSPS) is 12.0. The van der Waals surface area contributed by atoms with E-state index in [9.17, 15) is 18.0 Å². The molecule has 0 aliphatic carbocycles. The molecule has 0 saturated carbocycles. The summed E-state index contributed by atoms with van der Waals surface area (Å²) in [6.45, 7) is 0. The van der Waals surface area contributed by atoms with Gasteiger partial charge in [0.2, 0.25) is 0 Å². The molecule has 0 fully saturated rings.